The Hall–Kier alpha value is -0.410. The summed E-state index contributed by atoms with van der Waals surface area (Å²) < 4.78 is 0. The Morgan fingerprint density at radius 2 is 2.17 bits per heavy atom. The van der Waals surface area contributed by atoms with Crippen molar-refractivity contribution in [3.63, 3.8) is 0 Å². The maximum atomic E-state index is 9.91. The van der Waals surface area contributed by atoms with Gasteiger partial charge in [0.05, 0.1) is 13.1 Å². The molecule has 1 rings (SSSR count). The molecule has 3 heteroatoms. The van der Waals surface area contributed by atoms with Gasteiger partial charge in [-0.15, -0.1) is 0 Å². The lowest BCUT2D eigenvalue weighted by atomic mass is 10.3. The van der Waals surface area contributed by atoms with Crippen molar-refractivity contribution in [1.82, 2.24) is 5.06 Å². The van der Waals surface area contributed by atoms with Gasteiger partial charge in [-0.1, -0.05) is 0 Å². The molecule has 0 aromatic rings. The van der Waals surface area contributed by atoms with Crippen molar-refractivity contribution >= 4 is 5.78 Å². The van der Waals surface area contributed by atoms with Gasteiger partial charge in [0, 0.05) is 0 Å². The average Bonchev–Trinajstić information content (AvgIpc) is 1.33. The van der Waals surface area contributed by atoms with Crippen molar-refractivity contribution in [2.24, 2.45) is 0 Å². The van der Waals surface area contributed by atoms with E-state index in [1.54, 1.807) is 0 Å². The number of hydrogen-bond donors (Lipinski definition) is 1. The van der Waals surface area contributed by atoms with E-state index in [0.717, 1.165) is 5.06 Å². The van der Waals surface area contributed by atoms with Gasteiger partial charge in [0.2, 0.25) is 0 Å². The van der Waals surface area contributed by atoms with Gasteiger partial charge in [-0.25, -0.2) is 0 Å². The molecule has 3 nitrogen and oxygen atoms in total. The van der Waals surface area contributed by atoms with Gasteiger partial charge in [0.15, 0.2) is 5.78 Å². The molecule has 0 unspecified atom stereocenters. The summed E-state index contributed by atoms with van der Waals surface area (Å²) in [7, 11) is 0. The highest BCUT2D eigenvalue weighted by atomic mass is 16.5. The van der Waals surface area contributed by atoms with E-state index >= 15 is 0 Å². The van der Waals surface area contributed by atoms with Crippen LogP contribution in [0.4, 0.5) is 0 Å². The number of carbonyl (C=O) groups excluding carboxylic acids is 1. The van der Waals surface area contributed by atoms with E-state index < -0.39 is 0 Å². The van der Waals surface area contributed by atoms with Crippen LogP contribution in [0.5, 0.6) is 0 Å². The molecule has 0 spiro atoms. The molecule has 0 amide bonds. The second-order valence-electron chi connectivity index (χ2n) is 1.36. The third-order valence-corrected chi connectivity index (χ3v) is 0.718. The fraction of sp³-hybridized carbons (Fsp3) is 0.667. The van der Waals surface area contributed by atoms with Gasteiger partial charge in [-0.2, -0.15) is 5.06 Å². The fourth-order valence-electron chi connectivity index (χ4n) is 0.361. The predicted octanol–water partition coefficient (Wildman–Crippen LogP) is -0.740. The van der Waals surface area contributed by atoms with Gasteiger partial charge >= 0.3 is 0 Å². The Kier molecular flexibility index (Phi) is 0.645. The van der Waals surface area contributed by atoms with Crippen molar-refractivity contribution in [2.45, 2.75) is 0 Å². The first kappa shape index (κ1) is 3.77. The lowest BCUT2D eigenvalue weighted by Crippen LogP contribution is -2.44. The Morgan fingerprint density at radius 1 is 1.67 bits per heavy atom. The van der Waals surface area contributed by atoms with Crippen molar-refractivity contribution in [3.8, 4) is 0 Å². The Labute approximate surface area is 35.1 Å². The quantitative estimate of drug-likeness (QED) is 0.423. The summed E-state index contributed by atoms with van der Waals surface area (Å²) in [6.45, 7) is 0.444. The smallest absolute Gasteiger partial charge is 0.165 e. The van der Waals surface area contributed by atoms with Crippen LogP contribution < -0.4 is 0 Å². The zero-order chi connectivity index (χ0) is 4.57. The van der Waals surface area contributed by atoms with Crippen LogP contribution in [0.3, 0.4) is 0 Å². The third-order valence-electron chi connectivity index (χ3n) is 0.718. The van der Waals surface area contributed by atoms with Crippen LogP contribution in [-0.2, 0) is 4.79 Å². The summed E-state index contributed by atoms with van der Waals surface area (Å²) in [6.07, 6.45) is 0. The maximum absolute atomic E-state index is 9.91. The normalized spacial score (nSPS) is 23.8. The first-order chi connectivity index (χ1) is 2.79. The lowest BCUT2D eigenvalue weighted by molar-refractivity contribution is -0.166. The summed E-state index contributed by atoms with van der Waals surface area (Å²) >= 11 is 0. The van der Waals surface area contributed by atoms with E-state index in [-0.39, 0.29) is 18.9 Å². The van der Waals surface area contributed by atoms with Crippen molar-refractivity contribution in [3.05, 3.63) is 0 Å². The fourth-order valence-corrected chi connectivity index (χ4v) is 0.361. The number of ketones is 1. The molecule has 0 aromatic heterocycles. The molecule has 0 bridgehead atoms. The first-order valence-electron chi connectivity index (χ1n) is 1.74. The van der Waals surface area contributed by atoms with Gasteiger partial charge in [0.1, 0.15) is 0 Å². The van der Waals surface area contributed by atoms with Crippen molar-refractivity contribution < 1.29 is 10.0 Å². The highest BCUT2D eigenvalue weighted by molar-refractivity contribution is 5.87. The van der Waals surface area contributed by atoms with E-state index in [4.69, 9.17) is 5.21 Å². The van der Waals surface area contributed by atoms with E-state index in [0.29, 0.717) is 0 Å². The molecule has 0 aromatic carbocycles. The second kappa shape index (κ2) is 1.03. The zero-order valence-electron chi connectivity index (χ0n) is 3.22. The number of Topliss-reactive ketones (excluding diaryl/α,β-unsaturated/α-hetero) is 1. The van der Waals surface area contributed by atoms with Crippen LogP contribution in [0, 0.1) is 0 Å². The molecule has 1 aliphatic heterocycles. The Balaban J connectivity index is 2.28. The van der Waals surface area contributed by atoms with Crippen LogP contribution in [0.2, 0.25) is 0 Å². The highest BCUT2D eigenvalue weighted by Crippen LogP contribution is 1.93. The van der Waals surface area contributed by atoms with Crippen LogP contribution in [0.25, 0.3) is 0 Å². The number of nitrogens with zero attached hydrogens (tertiary/aromatic N) is 1. The molecule has 0 saturated carbocycles. The van der Waals surface area contributed by atoms with Gasteiger partial charge in [-0.3, -0.25) is 4.79 Å². The van der Waals surface area contributed by atoms with Gasteiger partial charge < -0.3 is 5.21 Å². The largest absolute Gasteiger partial charge is 0.313 e. The van der Waals surface area contributed by atoms with Crippen LogP contribution in [0.1, 0.15) is 0 Å². The van der Waals surface area contributed by atoms with Gasteiger partial charge in [-0.05, 0) is 0 Å². The number of carbonyl (C=O) groups is 1. The SMILES string of the molecule is O=C1CN(O)C1. The van der Waals surface area contributed by atoms with Crippen LogP contribution in [-0.4, -0.2) is 29.1 Å². The minimum Gasteiger partial charge on any atom is -0.313 e. The Bertz CT molecular complexity index is 72.9. The summed E-state index contributed by atoms with van der Waals surface area (Å²) in [6, 6.07) is 0. The maximum Gasteiger partial charge on any atom is 0.165 e. The molecule has 0 aliphatic carbocycles. The minimum atomic E-state index is 0.109. The molecule has 6 heavy (non-hydrogen) atoms. The number of rotatable bonds is 0. The molecule has 1 heterocycles. The summed E-state index contributed by atoms with van der Waals surface area (Å²) in [5, 5.41) is 9.21. The van der Waals surface area contributed by atoms with E-state index in [9.17, 15) is 4.79 Å². The monoisotopic (exact) mass is 87.0 g/mol. The van der Waals surface area contributed by atoms with Gasteiger partial charge in [0.25, 0.3) is 0 Å². The number of hydrogen-bond acceptors (Lipinski definition) is 3. The van der Waals surface area contributed by atoms with Crippen molar-refractivity contribution in [2.75, 3.05) is 13.1 Å². The van der Waals surface area contributed by atoms with E-state index in [1.165, 1.54) is 0 Å². The summed E-state index contributed by atoms with van der Waals surface area (Å²) in [4.78, 5) is 9.91. The molecule has 1 fully saturated rings. The standard InChI is InChI=1S/C3H5NO2/c5-3-1-4(6)2-3/h6H,1-2H2. The average molecular weight is 87.1 g/mol. The van der Waals surface area contributed by atoms with E-state index in [1.807, 2.05) is 0 Å². The molecule has 0 atom stereocenters. The molecular formula is C3H5NO2. The number of hydroxylamine groups is 2. The third kappa shape index (κ3) is 0.418. The molecule has 0 radical (unpaired) electrons. The predicted molar refractivity (Wildman–Crippen MR) is 18.4 cm³/mol. The molecule has 1 aliphatic rings. The summed E-state index contributed by atoms with van der Waals surface area (Å²) in [5.74, 6) is 0.109. The molecular weight excluding hydrogens is 82.0 g/mol. The summed E-state index contributed by atoms with van der Waals surface area (Å²) in [5.41, 5.74) is 0. The lowest BCUT2D eigenvalue weighted by Gasteiger charge is -2.20. The zero-order valence-corrected chi connectivity index (χ0v) is 3.22. The Morgan fingerprint density at radius 3 is 2.17 bits per heavy atom. The molecule has 1 N–H and O–H groups in total. The van der Waals surface area contributed by atoms with Crippen molar-refractivity contribution in [1.29, 1.82) is 0 Å². The van der Waals surface area contributed by atoms with E-state index in [2.05, 4.69) is 0 Å². The minimum absolute atomic E-state index is 0.109. The second-order valence-corrected chi connectivity index (χ2v) is 1.36. The molecule has 34 valence electrons. The van der Waals surface area contributed by atoms with Crippen LogP contribution >= 0.6 is 0 Å². The topological polar surface area (TPSA) is 40.5 Å². The van der Waals surface area contributed by atoms with Crippen LogP contribution in [0.15, 0.2) is 0 Å². The highest BCUT2D eigenvalue weighted by Gasteiger charge is 2.20. The molecule has 1 saturated heterocycles. The first-order valence-corrected chi connectivity index (χ1v) is 1.74.